The van der Waals surface area contributed by atoms with E-state index < -0.39 is 0 Å². The molecule has 2 aromatic carbocycles. The van der Waals surface area contributed by atoms with Crippen molar-refractivity contribution in [2.45, 2.75) is 13.8 Å². The largest absolute Gasteiger partial charge is 0.0985 e. The molecule has 0 fully saturated rings. The molecule has 2 aromatic rings. The predicted molar refractivity (Wildman–Crippen MR) is 71.4 cm³/mol. The molecular weight excluding hydrogens is 192 g/mol. The lowest BCUT2D eigenvalue weighted by atomic mass is 9.99. The standard InChI is InChI=1S/C16H16/c1-4-14-8-13(3)10-16(11-14)15-7-5-6-12(2)9-15/h4-11H,1H2,2-3H3. The van der Waals surface area contributed by atoms with Crippen LogP contribution in [0.4, 0.5) is 0 Å². The summed E-state index contributed by atoms with van der Waals surface area (Å²) in [4.78, 5) is 0. The van der Waals surface area contributed by atoms with Crippen molar-refractivity contribution in [3.63, 3.8) is 0 Å². The van der Waals surface area contributed by atoms with Crippen LogP contribution < -0.4 is 0 Å². The van der Waals surface area contributed by atoms with Crippen molar-refractivity contribution in [2.75, 3.05) is 0 Å². The second-order valence-electron chi connectivity index (χ2n) is 4.21. The Bertz CT molecular complexity index is 521. The lowest BCUT2D eigenvalue weighted by molar-refractivity contribution is 1.43. The zero-order valence-corrected chi connectivity index (χ0v) is 9.83. The van der Waals surface area contributed by atoms with Gasteiger partial charge < -0.3 is 0 Å². The predicted octanol–water partition coefficient (Wildman–Crippen LogP) is 4.61. The Morgan fingerprint density at radius 2 is 1.62 bits per heavy atom. The van der Waals surface area contributed by atoms with Crippen molar-refractivity contribution in [3.05, 3.63) is 65.7 Å². The van der Waals surface area contributed by atoms with E-state index in [-0.39, 0.29) is 0 Å². The summed E-state index contributed by atoms with van der Waals surface area (Å²) in [5.74, 6) is 0. The molecule has 0 aliphatic rings. The third-order valence-electron chi connectivity index (χ3n) is 2.69. The zero-order chi connectivity index (χ0) is 11.5. The van der Waals surface area contributed by atoms with Crippen LogP contribution in [0.5, 0.6) is 0 Å². The minimum atomic E-state index is 1.18. The number of rotatable bonds is 2. The first-order chi connectivity index (χ1) is 7.69. The summed E-state index contributed by atoms with van der Waals surface area (Å²) in [6.45, 7) is 8.06. The molecule has 0 amide bonds. The topological polar surface area (TPSA) is 0 Å². The van der Waals surface area contributed by atoms with E-state index in [4.69, 9.17) is 0 Å². The molecule has 16 heavy (non-hydrogen) atoms. The Kier molecular flexibility index (Phi) is 2.91. The summed E-state index contributed by atoms with van der Waals surface area (Å²) in [5, 5.41) is 0. The fraction of sp³-hybridized carbons (Fsp3) is 0.125. The van der Waals surface area contributed by atoms with Gasteiger partial charge in [-0.3, -0.25) is 0 Å². The van der Waals surface area contributed by atoms with Crippen LogP contribution in [-0.4, -0.2) is 0 Å². The van der Waals surface area contributed by atoms with Gasteiger partial charge in [0.1, 0.15) is 0 Å². The Morgan fingerprint density at radius 3 is 2.31 bits per heavy atom. The van der Waals surface area contributed by atoms with Crippen molar-refractivity contribution in [3.8, 4) is 11.1 Å². The van der Waals surface area contributed by atoms with Gasteiger partial charge in [-0.25, -0.2) is 0 Å². The fourth-order valence-corrected chi connectivity index (χ4v) is 1.92. The van der Waals surface area contributed by atoms with Crippen molar-refractivity contribution in [2.24, 2.45) is 0 Å². The van der Waals surface area contributed by atoms with Crippen LogP contribution in [-0.2, 0) is 0 Å². The molecule has 0 radical (unpaired) electrons. The van der Waals surface area contributed by atoms with Gasteiger partial charge in [0.25, 0.3) is 0 Å². The summed E-state index contributed by atoms with van der Waals surface area (Å²) in [7, 11) is 0. The highest BCUT2D eigenvalue weighted by Gasteiger charge is 2.00. The van der Waals surface area contributed by atoms with Gasteiger partial charge in [0.2, 0.25) is 0 Å². The van der Waals surface area contributed by atoms with Crippen LogP contribution in [0.15, 0.2) is 49.0 Å². The second-order valence-corrected chi connectivity index (χ2v) is 4.21. The number of hydrogen-bond acceptors (Lipinski definition) is 0. The first-order valence-electron chi connectivity index (χ1n) is 5.50. The van der Waals surface area contributed by atoms with E-state index in [1.165, 1.54) is 27.8 Å². The van der Waals surface area contributed by atoms with Gasteiger partial charge in [0.15, 0.2) is 0 Å². The maximum Gasteiger partial charge on any atom is -0.0175 e. The van der Waals surface area contributed by atoms with Crippen LogP contribution >= 0.6 is 0 Å². The average molecular weight is 208 g/mol. The van der Waals surface area contributed by atoms with Gasteiger partial charge >= 0.3 is 0 Å². The zero-order valence-electron chi connectivity index (χ0n) is 9.83. The van der Waals surface area contributed by atoms with E-state index in [0.717, 1.165) is 0 Å². The van der Waals surface area contributed by atoms with Gasteiger partial charge in [0, 0.05) is 0 Å². The molecule has 0 bridgehead atoms. The van der Waals surface area contributed by atoms with Crippen LogP contribution in [0, 0.1) is 13.8 Å². The van der Waals surface area contributed by atoms with Crippen molar-refractivity contribution < 1.29 is 0 Å². The third kappa shape index (κ3) is 2.22. The minimum Gasteiger partial charge on any atom is -0.0985 e. The monoisotopic (exact) mass is 208 g/mol. The van der Waals surface area contributed by atoms with E-state index in [1.54, 1.807) is 0 Å². The first-order valence-corrected chi connectivity index (χ1v) is 5.50. The van der Waals surface area contributed by atoms with Gasteiger partial charge in [-0.05, 0) is 42.2 Å². The highest BCUT2D eigenvalue weighted by atomic mass is 14.0. The van der Waals surface area contributed by atoms with Crippen molar-refractivity contribution in [1.82, 2.24) is 0 Å². The molecule has 80 valence electrons. The van der Waals surface area contributed by atoms with Crippen LogP contribution in [0.1, 0.15) is 16.7 Å². The molecule has 0 unspecified atom stereocenters. The molecule has 0 aliphatic heterocycles. The summed E-state index contributed by atoms with van der Waals surface area (Å²) >= 11 is 0. The SMILES string of the molecule is C=Cc1cc(C)cc(-c2cccc(C)c2)c1. The molecule has 0 heteroatoms. The minimum absolute atomic E-state index is 1.18. The van der Waals surface area contributed by atoms with E-state index in [2.05, 4.69) is 62.9 Å². The molecule has 0 saturated heterocycles. The van der Waals surface area contributed by atoms with Crippen molar-refractivity contribution >= 4 is 6.08 Å². The van der Waals surface area contributed by atoms with Gasteiger partial charge in [-0.15, -0.1) is 0 Å². The van der Waals surface area contributed by atoms with Gasteiger partial charge in [0.05, 0.1) is 0 Å². The summed E-state index contributed by atoms with van der Waals surface area (Å²) < 4.78 is 0. The van der Waals surface area contributed by atoms with Crippen LogP contribution in [0.25, 0.3) is 17.2 Å². The highest BCUT2D eigenvalue weighted by Crippen LogP contribution is 2.23. The lowest BCUT2D eigenvalue weighted by Gasteiger charge is -2.06. The quantitative estimate of drug-likeness (QED) is 0.676. The molecule has 0 saturated carbocycles. The second kappa shape index (κ2) is 4.36. The Morgan fingerprint density at radius 1 is 0.875 bits per heavy atom. The average Bonchev–Trinajstić information content (AvgIpc) is 2.28. The molecular formula is C16H16. The molecule has 0 aliphatic carbocycles. The van der Waals surface area contributed by atoms with Crippen LogP contribution in [0.2, 0.25) is 0 Å². The molecule has 0 atom stereocenters. The maximum absolute atomic E-state index is 3.82. The Labute approximate surface area is 97.3 Å². The lowest BCUT2D eigenvalue weighted by Crippen LogP contribution is -1.83. The van der Waals surface area contributed by atoms with E-state index in [0.29, 0.717) is 0 Å². The summed E-state index contributed by atoms with van der Waals surface area (Å²) in [6.07, 6.45) is 1.90. The Balaban J connectivity index is 2.55. The van der Waals surface area contributed by atoms with Gasteiger partial charge in [-0.1, -0.05) is 54.6 Å². The van der Waals surface area contributed by atoms with Crippen molar-refractivity contribution in [1.29, 1.82) is 0 Å². The molecule has 0 nitrogen and oxygen atoms in total. The van der Waals surface area contributed by atoms with E-state index in [9.17, 15) is 0 Å². The maximum atomic E-state index is 3.82. The third-order valence-corrected chi connectivity index (χ3v) is 2.69. The van der Waals surface area contributed by atoms with Gasteiger partial charge in [-0.2, -0.15) is 0 Å². The number of hydrogen-bond donors (Lipinski definition) is 0. The molecule has 0 N–H and O–H groups in total. The summed E-state index contributed by atoms with van der Waals surface area (Å²) in [5.41, 5.74) is 6.27. The van der Waals surface area contributed by atoms with E-state index in [1.807, 2.05) is 6.08 Å². The van der Waals surface area contributed by atoms with E-state index >= 15 is 0 Å². The normalized spacial score (nSPS) is 10.1. The number of aryl methyl sites for hydroxylation is 2. The Hall–Kier alpha value is -1.82. The highest BCUT2D eigenvalue weighted by molar-refractivity contribution is 5.68. The molecule has 0 heterocycles. The molecule has 2 rings (SSSR count). The summed E-state index contributed by atoms with van der Waals surface area (Å²) in [6, 6.07) is 15.1. The van der Waals surface area contributed by atoms with Crippen LogP contribution in [0.3, 0.4) is 0 Å². The molecule has 0 spiro atoms. The fourth-order valence-electron chi connectivity index (χ4n) is 1.92. The first kappa shape index (κ1) is 10.7. The number of benzene rings is 2. The smallest absolute Gasteiger partial charge is 0.0175 e. The molecule has 0 aromatic heterocycles.